The minimum absolute atomic E-state index is 0. The van der Waals surface area contributed by atoms with Gasteiger partial charge in [0.2, 0.25) is 0 Å². The summed E-state index contributed by atoms with van der Waals surface area (Å²) in [4.78, 5) is 10.1. The van der Waals surface area contributed by atoms with Crippen molar-refractivity contribution >= 4 is 16.4 Å². The van der Waals surface area contributed by atoms with Gasteiger partial charge in [0.25, 0.3) is 0 Å². The Morgan fingerprint density at radius 3 is 1.95 bits per heavy atom. The Morgan fingerprint density at radius 2 is 1.53 bits per heavy atom. The number of hydrogen-bond acceptors (Lipinski definition) is 5. The van der Waals surface area contributed by atoms with E-state index in [1.807, 2.05) is 0 Å². The van der Waals surface area contributed by atoms with Gasteiger partial charge in [0.15, 0.2) is 0 Å². The minimum Gasteiger partial charge on any atom is -0.759 e. The molecule has 0 heterocycles. The third-order valence-corrected chi connectivity index (χ3v) is 1.98. The van der Waals surface area contributed by atoms with Crippen LogP contribution in [0.5, 0.6) is 0 Å². The molecule has 0 aliphatic rings. The molecule has 0 radical (unpaired) electrons. The van der Waals surface area contributed by atoms with E-state index in [9.17, 15) is 4.79 Å². The molecule has 0 unspecified atom stereocenters. The van der Waals surface area contributed by atoms with Crippen LogP contribution in [0.4, 0.5) is 0 Å². The largest absolute Gasteiger partial charge is 2.00 e. The molecule has 0 aliphatic heterocycles. The molecule has 0 saturated carbocycles. The maximum Gasteiger partial charge on any atom is 2.00 e. The predicted octanol–water partition coefficient (Wildman–Crippen LogP) is 2.04. The van der Waals surface area contributed by atoms with Crippen LogP contribution < -0.4 is 0 Å². The second kappa shape index (κ2) is 15.8. The van der Waals surface area contributed by atoms with Gasteiger partial charge in [-0.2, -0.15) is 0 Å². The standard InChI is InChI=1S/C11H20O2.H2O4S.Zn/c1-2-3-4-5-6-7-8-9-10-11(12)13;1-5(2,3)4;/h9-10H,2-8H2,1H3,(H,12,13);(H2,1,2,3,4);/q;;+2/p-2. The first-order chi connectivity index (χ1) is 8.27. The molecule has 0 aromatic carbocycles. The molecule has 0 aromatic heterocycles. The van der Waals surface area contributed by atoms with E-state index in [0.717, 1.165) is 12.8 Å². The smallest absolute Gasteiger partial charge is 0.759 e. The number of carboxylic acid groups (broad SMARTS) is 1. The summed E-state index contributed by atoms with van der Waals surface area (Å²) in [5.41, 5.74) is 0. The second-order valence-electron chi connectivity index (χ2n) is 3.71. The molecule has 0 amide bonds. The van der Waals surface area contributed by atoms with Crippen LogP contribution in [0.3, 0.4) is 0 Å². The minimum atomic E-state index is -5.17. The van der Waals surface area contributed by atoms with Crippen molar-refractivity contribution in [3.05, 3.63) is 12.2 Å². The first-order valence-corrected chi connectivity index (χ1v) is 7.17. The van der Waals surface area contributed by atoms with Gasteiger partial charge in [-0.15, -0.1) is 0 Å². The number of carbonyl (C=O) groups is 1. The predicted molar refractivity (Wildman–Crippen MR) is 65.2 cm³/mol. The van der Waals surface area contributed by atoms with Crippen molar-refractivity contribution in [2.45, 2.75) is 51.9 Å². The molecule has 0 spiro atoms. The maximum atomic E-state index is 10.1. The summed E-state index contributed by atoms with van der Waals surface area (Å²) in [7, 11) is -5.17. The Morgan fingerprint density at radius 1 is 1.11 bits per heavy atom. The molecule has 0 fully saturated rings. The quantitative estimate of drug-likeness (QED) is 0.236. The average molecular weight is 346 g/mol. The zero-order valence-corrected chi connectivity index (χ0v) is 15.0. The zero-order chi connectivity index (χ0) is 14.4. The molecule has 0 aliphatic carbocycles. The molecule has 0 saturated heterocycles. The van der Waals surface area contributed by atoms with E-state index in [0.29, 0.717) is 0 Å². The molecule has 8 heteroatoms. The summed E-state index contributed by atoms with van der Waals surface area (Å²) in [5, 5.41) is 8.30. The monoisotopic (exact) mass is 344 g/mol. The van der Waals surface area contributed by atoms with Crippen molar-refractivity contribution < 1.29 is 46.9 Å². The van der Waals surface area contributed by atoms with E-state index < -0.39 is 16.4 Å². The van der Waals surface area contributed by atoms with E-state index in [1.165, 1.54) is 38.2 Å². The van der Waals surface area contributed by atoms with Gasteiger partial charge in [0, 0.05) is 16.5 Å². The second-order valence-corrected chi connectivity index (χ2v) is 4.52. The summed E-state index contributed by atoms with van der Waals surface area (Å²) >= 11 is 0. The van der Waals surface area contributed by atoms with E-state index in [4.69, 9.17) is 22.6 Å². The summed E-state index contributed by atoms with van der Waals surface area (Å²) < 4.78 is 34.1. The normalized spacial score (nSPS) is 10.5. The number of allylic oxidation sites excluding steroid dienone is 1. The molecular weight excluding hydrogens is 326 g/mol. The first-order valence-electron chi connectivity index (χ1n) is 5.83. The molecule has 6 nitrogen and oxygen atoms in total. The Hall–Kier alpha value is -0.297. The number of aliphatic carboxylic acids is 1. The Labute approximate surface area is 127 Å². The Balaban J connectivity index is -0.000000366. The third-order valence-electron chi connectivity index (χ3n) is 1.98. The van der Waals surface area contributed by atoms with Crippen molar-refractivity contribution in [2.75, 3.05) is 0 Å². The van der Waals surface area contributed by atoms with Crippen molar-refractivity contribution in [1.29, 1.82) is 0 Å². The van der Waals surface area contributed by atoms with Gasteiger partial charge in [0.05, 0.1) is 0 Å². The molecular formula is C11H20O6SZn. The van der Waals surface area contributed by atoms with Gasteiger partial charge in [-0.1, -0.05) is 45.1 Å². The van der Waals surface area contributed by atoms with Crippen LogP contribution in [0, 0.1) is 0 Å². The number of hydrogen-bond donors (Lipinski definition) is 1. The Bertz CT molecular complexity index is 318. The number of unbranched alkanes of at least 4 members (excludes halogenated alkanes) is 6. The van der Waals surface area contributed by atoms with Gasteiger partial charge in [-0.25, -0.2) is 4.79 Å². The van der Waals surface area contributed by atoms with Crippen LogP contribution in [0.2, 0.25) is 0 Å². The molecule has 0 bridgehead atoms. The van der Waals surface area contributed by atoms with Crippen molar-refractivity contribution in [3.8, 4) is 0 Å². The van der Waals surface area contributed by atoms with Gasteiger partial charge < -0.3 is 14.2 Å². The van der Waals surface area contributed by atoms with Crippen LogP contribution in [0.25, 0.3) is 0 Å². The van der Waals surface area contributed by atoms with Gasteiger partial charge in [-0.3, -0.25) is 8.42 Å². The number of rotatable bonds is 8. The maximum absolute atomic E-state index is 10.1. The molecule has 19 heavy (non-hydrogen) atoms. The van der Waals surface area contributed by atoms with Crippen LogP contribution in [0.1, 0.15) is 51.9 Å². The van der Waals surface area contributed by atoms with Crippen LogP contribution in [-0.4, -0.2) is 28.6 Å². The summed E-state index contributed by atoms with van der Waals surface area (Å²) in [6, 6.07) is 0. The zero-order valence-electron chi connectivity index (χ0n) is 11.2. The molecule has 0 aromatic rings. The topological polar surface area (TPSA) is 118 Å². The molecule has 1 N–H and O–H groups in total. The van der Waals surface area contributed by atoms with Gasteiger partial charge in [0.1, 0.15) is 0 Å². The van der Waals surface area contributed by atoms with Crippen LogP contribution >= 0.6 is 0 Å². The van der Waals surface area contributed by atoms with Crippen molar-refractivity contribution in [3.63, 3.8) is 0 Å². The Kier molecular flexibility index (Phi) is 19.7. The van der Waals surface area contributed by atoms with E-state index >= 15 is 0 Å². The van der Waals surface area contributed by atoms with Crippen molar-refractivity contribution in [2.24, 2.45) is 0 Å². The van der Waals surface area contributed by atoms with E-state index in [1.54, 1.807) is 6.08 Å². The van der Waals surface area contributed by atoms with Crippen molar-refractivity contribution in [1.82, 2.24) is 0 Å². The average Bonchev–Trinajstić information content (AvgIpc) is 2.19. The SMILES string of the molecule is CCCCCCCCC=CC(=O)O.O=S(=O)([O-])[O-].[Zn+2]. The summed E-state index contributed by atoms with van der Waals surface area (Å²) in [6.07, 6.45) is 11.4. The van der Waals surface area contributed by atoms with Crippen LogP contribution in [0.15, 0.2) is 12.2 Å². The summed E-state index contributed by atoms with van der Waals surface area (Å²) in [6.45, 7) is 2.20. The van der Waals surface area contributed by atoms with Crippen LogP contribution in [-0.2, 0) is 34.7 Å². The van der Waals surface area contributed by atoms with Gasteiger partial charge in [-0.05, 0) is 12.8 Å². The molecule has 108 valence electrons. The van der Waals surface area contributed by atoms with E-state index in [-0.39, 0.29) is 19.5 Å². The fraction of sp³-hybridized carbons (Fsp3) is 0.727. The fourth-order valence-electron chi connectivity index (χ4n) is 1.23. The fourth-order valence-corrected chi connectivity index (χ4v) is 1.23. The molecule has 0 rings (SSSR count). The number of carboxylic acids is 1. The molecule has 0 atom stereocenters. The summed E-state index contributed by atoms with van der Waals surface area (Å²) in [5.74, 6) is -0.842. The van der Waals surface area contributed by atoms with E-state index in [2.05, 4.69) is 6.92 Å². The van der Waals surface area contributed by atoms with Gasteiger partial charge >= 0.3 is 25.4 Å². The first kappa shape index (κ1) is 23.8. The third kappa shape index (κ3) is 46.4.